The fourth-order valence-electron chi connectivity index (χ4n) is 3.61. The number of benzene rings is 2. The first-order chi connectivity index (χ1) is 16.0. The average Bonchev–Trinajstić information content (AvgIpc) is 2.85. The van der Waals surface area contributed by atoms with E-state index in [9.17, 15) is 9.59 Å². The molecule has 0 spiro atoms. The standard InChI is InChI=1S/C25H24N2O6/c1-31-23-15-18(7-9-22(23)33-16-24(29)30)21(28)8-6-19-14-17-4-2-3-5-20(17)26-25(19)27-10-12-32-13-11-27/h2-9,14-15H,10-13,16H2,1H3,(H,29,30). The molecule has 33 heavy (non-hydrogen) atoms. The molecule has 8 heteroatoms. The number of fused-ring (bicyclic) bond motifs is 1. The smallest absolute Gasteiger partial charge is 0.341 e. The summed E-state index contributed by atoms with van der Waals surface area (Å²) in [7, 11) is 1.43. The maximum absolute atomic E-state index is 12.9. The van der Waals surface area contributed by atoms with E-state index in [4.69, 9.17) is 24.3 Å². The number of rotatable bonds is 8. The van der Waals surface area contributed by atoms with Crippen molar-refractivity contribution in [1.82, 2.24) is 4.98 Å². The lowest BCUT2D eigenvalue weighted by atomic mass is 10.1. The monoisotopic (exact) mass is 448 g/mol. The number of pyridine rings is 1. The van der Waals surface area contributed by atoms with Gasteiger partial charge in [0.15, 0.2) is 23.9 Å². The van der Waals surface area contributed by atoms with Crippen LogP contribution < -0.4 is 14.4 Å². The molecule has 0 radical (unpaired) electrons. The third-order valence-corrected chi connectivity index (χ3v) is 5.26. The van der Waals surface area contributed by atoms with Gasteiger partial charge >= 0.3 is 5.97 Å². The number of nitrogens with zero attached hydrogens (tertiary/aromatic N) is 2. The lowest BCUT2D eigenvalue weighted by molar-refractivity contribution is -0.139. The predicted molar refractivity (Wildman–Crippen MR) is 124 cm³/mol. The number of allylic oxidation sites excluding steroid dienone is 1. The molecule has 0 bridgehead atoms. The van der Waals surface area contributed by atoms with Crippen molar-refractivity contribution in [3.8, 4) is 11.5 Å². The van der Waals surface area contributed by atoms with Crippen molar-refractivity contribution in [2.45, 2.75) is 0 Å². The number of morpholine rings is 1. The highest BCUT2D eigenvalue weighted by Gasteiger charge is 2.17. The fourth-order valence-corrected chi connectivity index (χ4v) is 3.61. The van der Waals surface area contributed by atoms with Gasteiger partial charge in [0.1, 0.15) is 5.82 Å². The highest BCUT2D eigenvalue weighted by atomic mass is 16.5. The number of carboxylic acid groups (broad SMARTS) is 1. The molecule has 4 rings (SSSR count). The van der Waals surface area contributed by atoms with Crippen molar-refractivity contribution >= 4 is 34.5 Å². The molecule has 1 aliphatic rings. The Kier molecular flexibility index (Phi) is 6.85. The summed E-state index contributed by atoms with van der Waals surface area (Å²) in [5.41, 5.74) is 2.13. The summed E-state index contributed by atoms with van der Waals surface area (Å²) in [4.78, 5) is 30.6. The first-order valence-corrected chi connectivity index (χ1v) is 10.5. The van der Waals surface area contributed by atoms with Gasteiger partial charge in [-0.15, -0.1) is 0 Å². The lowest BCUT2D eigenvalue weighted by Crippen LogP contribution is -2.37. The van der Waals surface area contributed by atoms with E-state index in [2.05, 4.69) is 4.90 Å². The van der Waals surface area contributed by atoms with Crippen LogP contribution in [-0.2, 0) is 9.53 Å². The molecule has 0 amide bonds. The molecule has 1 N–H and O–H groups in total. The van der Waals surface area contributed by atoms with E-state index in [1.54, 1.807) is 12.1 Å². The van der Waals surface area contributed by atoms with Gasteiger partial charge in [0.05, 0.1) is 25.8 Å². The molecule has 2 heterocycles. The molecule has 1 saturated heterocycles. The molecular formula is C25H24N2O6. The molecule has 1 fully saturated rings. The van der Waals surface area contributed by atoms with Crippen LogP contribution in [0, 0.1) is 0 Å². The Morgan fingerprint density at radius 1 is 1.12 bits per heavy atom. The van der Waals surface area contributed by atoms with E-state index in [0.29, 0.717) is 18.8 Å². The van der Waals surface area contributed by atoms with Gasteiger partial charge in [0.2, 0.25) is 0 Å². The van der Waals surface area contributed by atoms with Gasteiger partial charge in [-0.25, -0.2) is 9.78 Å². The molecule has 2 aromatic carbocycles. The Hall–Kier alpha value is -3.91. The van der Waals surface area contributed by atoms with E-state index >= 15 is 0 Å². The zero-order valence-electron chi connectivity index (χ0n) is 18.2. The quantitative estimate of drug-likeness (QED) is 0.413. The van der Waals surface area contributed by atoms with Gasteiger partial charge in [-0.2, -0.15) is 0 Å². The number of carbonyl (C=O) groups is 2. The predicted octanol–water partition coefficient (Wildman–Crippen LogP) is 3.44. The van der Waals surface area contributed by atoms with Crippen LogP contribution in [-0.4, -0.2) is 61.9 Å². The van der Waals surface area contributed by atoms with E-state index in [0.717, 1.165) is 35.4 Å². The van der Waals surface area contributed by atoms with Crippen LogP contribution in [0.4, 0.5) is 5.82 Å². The highest BCUT2D eigenvalue weighted by molar-refractivity contribution is 6.07. The molecular weight excluding hydrogens is 424 g/mol. The van der Waals surface area contributed by atoms with Gasteiger partial charge < -0.3 is 24.2 Å². The van der Waals surface area contributed by atoms with Crippen LogP contribution in [0.3, 0.4) is 0 Å². The molecule has 0 unspecified atom stereocenters. The minimum atomic E-state index is -1.10. The number of carboxylic acids is 1. The summed E-state index contributed by atoms with van der Waals surface area (Å²) in [5, 5.41) is 9.79. The number of ether oxygens (including phenoxy) is 3. The van der Waals surface area contributed by atoms with Crippen molar-refractivity contribution in [2.75, 3.05) is 44.9 Å². The second-order valence-electron chi connectivity index (χ2n) is 7.44. The topological polar surface area (TPSA) is 98.2 Å². The summed E-state index contributed by atoms with van der Waals surface area (Å²) >= 11 is 0. The second-order valence-corrected chi connectivity index (χ2v) is 7.44. The second kappa shape index (κ2) is 10.1. The number of anilines is 1. The minimum Gasteiger partial charge on any atom is -0.493 e. The van der Waals surface area contributed by atoms with Gasteiger partial charge in [-0.1, -0.05) is 18.2 Å². The van der Waals surface area contributed by atoms with E-state index < -0.39 is 12.6 Å². The van der Waals surface area contributed by atoms with Gasteiger partial charge in [-0.05, 0) is 42.5 Å². The number of aromatic nitrogens is 1. The molecule has 8 nitrogen and oxygen atoms in total. The third-order valence-electron chi connectivity index (χ3n) is 5.26. The van der Waals surface area contributed by atoms with E-state index in [1.165, 1.54) is 25.3 Å². The Morgan fingerprint density at radius 3 is 2.67 bits per heavy atom. The Bertz CT molecular complexity index is 1200. The molecule has 1 aliphatic heterocycles. The summed E-state index contributed by atoms with van der Waals surface area (Å²) < 4.78 is 15.9. The van der Waals surface area contributed by atoms with Crippen molar-refractivity contribution in [1.29, 1.82) is 0 Å². The Balaban J connectivity index is 1.62. The van der Waals surface area contributed by atoms with Crippen molar-refractivity contribution in [3.63, 3.8) is 0 Å². The molecule has 3 aromatic rings. The number of hydrogen-bond acceptors (Lipinski definition) is 7. The van der Waals surface area contributed by atoms with Crippen molar-refractivity contribution in [3.05, 3.63) is 65.7 Å². The van der Waals surface area contributed by atoms with Crippen LogP contribution in [0.5, 0.6) is 11.5 Å². The number of carbonyl (C=O) groups excluding carboxylic acids is 1. The van der Waals surface area contributed by atoms with Crippen molar-refractivity contribution in [2.24, 2.45) is 0 Å². The Morgan fingerprint density at radius 2 is 1.91 bits per heavy atom. The van der Waals surface area contributed by atoms with Crippen LogP contribution in [0.25, 0.3) is 17.0 Å². The molecule has 0 saturated carbocycles. The Labute approximate surface area is 191 Å². The summed E-state index contributed by atoms with van der Waals surface area (Å²) in [6.45, 7) is 2.23. The highest BCUT2D eigenvalue weighted by Crippen LogP contribution is 2.29. The molecule has 1 aromatic heterocycles. The average molecular weight is 448 g/mol. The zero-order valence-corrected chi connectivity index (χ0v) is 18.2. The van der Waals surface area contributed by atoms with Gasteiger partial charge in [0, 0.05) is 29.6 Å². The van der Waals surface area contributed by atoms with Crippen LogP contribution in [0.15, 0.2) is 54.6 Å². The summed E-state index contributed by atoms with van der Waals surface area (Å²) in [6.07, 6.45) is 3.27. The van der Waals surface area contributed by atoms with Crippen LogP contribution in [0.2, 0.25) is 0 Å². The lowest BCUT2D eigenvalue weighted by Gasteiger charge is -2.29. The third kappa shape index (κ3) is 5.30. The molecule has 0 aliphatic carbocycles. The van der Waals surface area contributed by atoms with Crippen LogP contribution >= 0.6 is 0 Å². The van der Waals surface area contributed by atoms with Gasteiger partial charge in [0.25, 0.3) is 0 Å². The van der Waals surface area contributed by atoms with E-state index in [-0.39, 0.29) is 17.3 Å². The summed E-state index contributed by atoms with van der Waals surface area (Å²) in [5.74, 6) is 0.0427. The molecule has 170 valence electrons. The number of aliphatic carboxylic acids is 1. The summed E-state index contributed by atoms with van der Waals surface area (Å²) in [6, 6.07) is 14.5. The molecule has 0 atom stereocenters. The SMILES string of the molecule is COc1cc(C(=O)C=Cc2cc3ccccc3nc2N2CCOCC2)ccc1OCC(=O)O. The number of para-hydroxylation sites is 1. The van der Waals surface area contributed by atoms with Crippen LogP contribution in [0.1, 0.15) is 15.9 Å². The fraction of sp³-hybridized carbons (Fsp3) is 0.240. The maximum atomic E-state index is 12.9. The number of methoxy groups -OCH3 is 1. The maximum Gasteiger partial charge on any atom is 0.341 e. The largest absolute Gasteiger partial charge is 0.493 e. The normalized spacial score (nSPS) is 13.9. The zero-order chi connectivity index (χ0) is 23.2. The number of hydrogen-bond donors (Lipinski definition) is 1. The van der Waals surface area contributed by atoms with Crippen molar-refractivity contribution < 1.29 is 28.9 Å². The first kappa shape index (κ1) is 22.3. The first-order valence-electron chi connectivity index (χ1n) is 10.5. The number of ketones is 1. The minimum absolute atomic E-state index is 0.223. The van der Waals surface area contributed by atoms with Gasteiger partial charge in [-0.3, -0.25) is 4.79 Å². The van der Waals surface area contributed by atoms with E-state index in [1.807, 2.05) is 30.3 Å².